The molecule has 0 aliphatic carbocycles. The largest absolute Gasteiger partial charge is 0.337 e. The zero-order valence-corrected chi connectivity index (χ0v) is 17.6. The molecule has 2 fully saturated rings. The Labute approximate surface area is 184 Å². The van der Waals surface area contributed by atoms with Crippen LogP contribution in [0.1, 0.15) is 18.4 Å². The highest BCUT2D eigenvalue weighted by atomic mass is 19.1. The standard InChI is InChI=1S/C23H25F3N4O2/c24-17-4-2-16(3-5-17)15-30-9-6-21(22(30)31)28-7-1-8-29(11-10-28)23(32)27-20-13-18(25)12-19(26)14-20/h2-5,12-14,21H,1,6-11,15H2,(H,27,32). The summed E-state index contributed by atoms with van der Waals surface area (Å²) in [6.45, 7) is 3.19. The van der Waals surface area contributed by atoms with Crippen LogP contribution in [0.25, 0.3) is 0 Å². The molecule has 2 saturated heterocycles. The predicted molar refractivity (Wildman–Crippen MR) is 113 cm³/mol. The van der Waals surface area contributed by atoms with E-state index in [1.54, 1.807) is 21.9 Å². The Kier molecular flexibility index (Phi) is 6.64. The fourth-order valence-corrected chi connectivity index (χ4v) is 4.31. The maximum absolute atomic E-state index is 13.4. The van der Waals surface area contributed by atoms with Crippen molar-refractivity contribution in [2.45, 2.75) is 25.4 Å². The Bertz CT molecular complexity index is 965. The van der Waals surface area contributed by atoms with Gasteiger partial charge >= 0.3 is 6.03 Å². The van der Waals surface area contributed by atoms with Crippen LogP contribution in [0, 0.1) is 17.5 Å². The first kappa shape index (κ1) is 22.1. The van der Waals surface area contributed by atoms with E-state index in [2.05, 4.69) is 10.2 Å². The number of nitrogens with one attached hydrogen (secondary N) is 1. The van der Waals surface area contributed by atoms with Gasteiger partial charge < -0.3 is 15.1 Å². The molecule has 1 unspecified atom stereocenters. The number of hydrogen-bond donors (Lipinski definition) is 1. The number of anilines is 1. The highest BCUT2D eigenvalue weighted by Crippen LogP contribution is 2.22. The maximum atomic E-state index is 13.4. The summed E-state index contributed by atoms with van der Waals surface area (Å²) in [5, 5.41) is 2.54. The Morgan fingerprint density at radius 1 is 0.906 bits per heavy atom. The van der Waals surface area contributed by atoms with Gasteiger partial charge in [-0.05, 0) is 42.7 Å². The SMILES string of the molecule is O=C(Nc1cc(F)cc(F)c1)N1CCCN(C2CCN(Cc3ccc(F)cc3)C2=O)CC1. The molecule has 2 aliphatic rings. The van der Waals surface area contributed by atoms with E-state index in [4.69, 9.17) is 0 Å². The quantitative estimate of drug-likeness (QED) is 0.783. The lowest BCUT2D eigenvalue weighted by molar-refractivity contribution is -0.132. The Morgan fingerprint density at radius 2 is 1.62 bits per heavy atom. The number of carbonyl (C=O) groups is 2. The van der Waals surface area contributed by atoms with Crippen molar-refractivity contribution in [3.05, 3.63) is 65.5 Å². The Balaban J connectivity index is 1.32. The average molecular weight is 446 g/mol. The molecule has 170 valence electrons. The molecular formula is C23H25F3N4O2. The van der Waals surface area contributed by atoms with Gasteiger partial charge in [-0.3, -0.25) is 9.69 Å². The fourth-order valence-electron chi connectivity index (χ4n) is 4.31. The van der Waals surface area contributed by atoms with E-state index in [1.165, 1.54) is 12.1 Å². The minimum Gasteiger partial charge on any atom is -0.337 e. The molecule has 32 heavy (non-hydrogen) atoms. The van der Waals surface area contributed by atoms with Crippen LogP contribution in [-0.4, -0.2) is 65.4 Å². The van der Waals surface area contributed by atoms with Gasteiger partial charge in [-0.15, -0.1) is 0 Å². The van der Waals surface area contributed by atoms with Crippen LogP contribution < -0.4 is 5.32 Å². The zero-order valence-electron chi connectivity index (χ0n) is 17.6. The lowest BCUT2D eigenvalue weighted by Crippen LogP contribution is -2.44. The van der Waals surface area contributed by atoms with Crippen molar-refractivity contribution in [3.8, 4) is 0 Å². The van der Waals surface area contributed by atoms with Crippen LogP contribution in [0.5, 0.6) is 0 Å². The first-order valence-electron chi connectivity index (χ1n) is 10.7. The van der Waals surface area contributed by atoms with E-state index in [9.17, 15) is 22.8 Å². The summed E-state index contributed by atoms with van der Waals surface area (Å²) in [7, 11) is 0. The van der Waals surface area contributed by atoms with Crippen molar-refractivity contribution in [2.75, 3.05) is 38.0 Å². The summed E-state index contributed by atoms with van der Waals surface area (Å²) < 4.78 is 39.9. The second-order valence-electron chi connectivity index (χ2n) is 8.16. The molecule has 1 atom stereocenters. The molecule has 4 rings (SSSR count). The van der Waals surface area contributed by atoms with Crippen molar-refractivity contribution < 1.29 is 22.8 Å². The molecule has 1 N–H and O–H groups in total. The summed E-state index contributed by atoms with van der Waals surface area (Å²) in [5.41, 5.74) is 0.948. The minimum atomic E-state index is -0.757. The van der Waals surface area contributed by atoms with Crippen molar-refractivity contribution in [1.82, 2.24) is 14.7 Å². The zero-order chi connectivity index (χ0) is 22.7. The van der Waals surface area contributed by atoms with Gasteiger partial charge in [-0.2, -0.15) is 0 Å². The average Bonchev–Trinajstić information content (AvgIpc) is 2.95. The van der Waals surface area contributed by atoms with Gasteiger partial charge in [0.15, 0.2) is 0 Å². The fraction of sp³-hybridized carbons (Fsp3) is 0.391. The lowest BCUT2D eigenvalue weighted by atomic mass is 10.2. The van der Waals surface area contributed by atoms with E-state index in [0.29, 0.717) is 52.1 Å². The van der Waals surface area contributed by atoms with Crippen LogP contribution in [0.2, 0.25) is 0 Å². The van der Waals surface area contributed by atoms with Crippen LogP contribution in [-0.2, 0) is 11.3 Å². The molecule has 0 spiro atoms. The van der Waals surface area contributed by atoms with Crippen molar-refractivity contribution >= 4 is 17.6 Å². The molecule has 9 heteroatoms. The van der Waals surface area contributed by atoms with Gasteiger partial charge in [0, 0.05) is 51.0 Å². The first-order valence-corrected chi connectivity index (χ1v) is 10.7. The van der Waals surface area contributed by atoms with Gasteiger partial charge in [0.25, 0.3) is 0 Å². The number of halogens is 3. The Hall–Kier alpha value is -3.07. The summed E-state index contributed by atoms with van der Waals surface area (Å²) in [6, 6.07) is 8.36. The molecular weight excluding hydrogens is 421 g/mol. The van der Waals surface area contributed by atoms with Crippen molar-refractivity contribution in [3.63, 3.8) is 0 Å². The Morgan fingerprint density at radius 3 is 2.34 bits per heavy atom. The van der Waals surface area contributed by atoms with Crippen LogP contribution in [0.15, 0.2) is 42.5 Å². The molecule has 6 nitrogen and oxygen atoms in total. The number of benzene rings is 2. The molecule has 0 bridgehead atoms. The molecule has 0 radical (unpaired) electrons. The second kappa shape index (κ2) is 9.60. The van der Waals surface area contributed by atoms with Crippen LogP contribution in [0.3, 0.4) is 0 Å². The van der Waals surface area contributed by atoms with Crippen molar-refractivity contribution in [2.24, 2.45) is 0 Å². The third-order valence-electron chi connectivity index (χ3n) is 5.93. The van der Waals surface area contributed by atoms with E-state index in [0.717, 1.165) is 23.8 Å². The summed E-state index contributed by atoms with van der Waals surface area (Å²) in [6.07, 6.45) is 1.39. The van der Waals surface area contributed by atoms with Crippen molar-refractivity contribution in [1.29, 1.82) is 0 Å². The summed E-state index contributed by atoms with van der Waals surface area (Å²) >= 11 is 0. The monoisotopic (exact) mass is 446 g/mol. The summed E-state index contributed by atoms with van der Waals surface area (Å²) in [5.74, 6) is -1.78. The normalized spacial score (nSPS) is 19.8. The second-order valence-corrected chi connectivity index (χ2v) is 8.16. The summed E-state index contributed by atoms with van der Waals surface area (Å²) in [4.78, 5) is 31.0. The van der Waals surface area contributed by atoms with Gasteiger partial charge in [0.05, 0.1) is 6.04 Å². The maximum Gasteiger partial charge on any atom is 0.321 e. The van der Waals surface area contributed by atoms with Crippen LogP contribution >= 0.6 is 0 Å². The number of rotatable bonds is 4. The van der Waals surface area contributed by atoms with E-state index < -0.39 is 17.7 Å². The number of carbonyl (C=O) groups excluding carboxylic acids is 2. The minimum absolute atomic E-state index is 0.0439. The molecule has 0 aromatic heterocycles. The third kappa shape index (κ3) is 5.21. The van der Waals surface area contributed by atoms with Gasteiger partial charge in [-0.25, -0.2) is 18.0 Å². The molecule has 0 saturated carbocycles. The topological polar surface area (TPSA) is 55.9 Å². The highest BCUT2D eigenvalue weighted by molar-refractivity contribution is 5.89. The number of amides is 3. The van der Waals surface area contributed by atoms with E-state index >= 15 is 0 Å². The first-order chi connectivity index (χ1) is 15.4. The molecule has 2 aromatic rings. The molecule has 3 amide bonds. The highest BCUT2D eigenvalue weighted by Gasteiger charge is 2.36. The number of urea groups is 1. The van der Waals surface area contributed by atoms with Gasteiger partial charge in [-0.1, -0.05) is 12.1 Å². The smallest absolute Gasteiger partial charge is 0.321 e. The molecule has 2 heterocycles. The lowest BCUT2D eigenvalue weighted by Gasteiger charge is -2.26. The van der Waals surface area contributed by atoms with E-state index in [-0.39, 0.29) is 23.5 Å². The number of nitrogens with zero attached hydrogens (tertiary/aromatic N) is 3. The predicted octanol–water partition coefficient (Wildman–Crippen LogP) is 3.44. The van der Waals surface area contributed by atoms with Gasteiger partial charge in [0.2, 0.25) is 5.91 Å². The van der Waals surface area contributed by atoms with E-state index in [1.807, 2.05) is 0 Å². The number of likely N-dealkylation sites (tertiary alicyclic amines) is 1. The van der Waals surface area contributed by atoms with Gasteiger partial charge in [0.1, 0.15) is 17.5 Å². The molecule has 2 aromatic carbocycles. The van der Waals surface area contributed by atoms with Crippen LogP contribution in [0.4, 0.5) is 23.7 Å². The molecule has 2 aliphatic heterocycles. The number of hydrogen-bond acceptors (Lipinski definition) is 3. The third-order valence-corrected chi connectivity index (χ3v) is 5.93.